The molecule has 3 aromatic rings. The molecule has 0 aliphatic heterocycles. The van der Waals surface area contributed by atoms with Gasteiger partial charge in [-0.3, -0.25) is 19.7 Å². The Labute approximate surface area is 127 Å². The van der Waals surface area contributed by atoms with Crippen LogP contribution in [0, 0.1) is 0 Å². The Balaban J connectivity index is 1.75. The summed E-state index contributed by atoms with van der Waals surface area (Å²) in [4.78, 5) is 24.5. The third-order valence-corrected chi connectivity index (χ3v) is 2.96. The van der Waals surface area contributed by atoms with E-state index < -0.39 is 0 Å². The molecule has 22 heavy (non-hydrogen) atoms. The van der Waals surface area contributed by atoms with E-state index in [0.29, 0.717) is 22.9 Å². The quantitative estimate of drug-likeness (QED) is 0.676. The predicted molar refractivity (Wildman–Crippen MR) is 80.8 cm³/mol. The molecule has 0 spiro atoms. The van der Waals surface area contributed by atoms with Gasteiger partial charge in [-0.1, -0.05) is 6.07 Å². The van der Waals surface area contributed by atoms with Crippen molar-refractivity contribution < 1.29 is 9.53 Å². The highest BCUT2D eigenvalue weighted by Crippen LogP contribution is 2.20. The van der Waals surface area contributed by atoms with E-state index in [1.165, 1.54) is 0 Å². The van der Waals surface area contributed by atoms with Crippen LogP contribution in [0.3, 0.4) is 0 Å². The predicted octanol–water partition coefficient (Wildman–Crippen LogP) is 3.09. The molecule has 0 aliphatic carbocycles. The zero-order valence-electron chi connectivity index (χ0n) is 11.7. The average Bonchev–Trinajstić information content (AvgIpc) is 2.57. The van der Waals surface area contributed by atoms with E-state index in [1.807, 2.05) is 18.2 Å². The van der Waals surface area contributed by atoms with Gasteiger partial charge in [0.2, 0.25) is 0 Å². The number of rotatable bonds is 5. The van der Waals surface area contributed by atoms with Crippen molar-refractivity contribution in [1.82, 2.24) is 15.0 Å². The number of Topliss-reactive ketones (excluding diaryl/α,β-unsaturated/α-hetero) is 1. The summed E-state index contributed by atoms with van der Waals surface area (Å²) in [6.07, 6.45) is 6.70. The first kappa shape index (κ1) is 13.9. The zero-order chi connectivity index (χ0) is 15.2. The van der Waals surface area contributed by atoms with Crippen LogP contribution < -0.4 is 4.74 Å². The Bertz CT molecular complexity index is 761. The van der Waals surface area contributed by atoms with Gasteiger partial charge < -0.3 is 4.74 Å². The van der Waals surface area contributed by atoms with Crippen LogP contribution in [0.15, 0.2) is 67.3 Å². The summed E-state index contributed by atoms with van der Waals surface area (Å²) in [5, 5.41) is 0. The molecule has 3 heterocycles. The maximum atomic E-state index is 12.2. The molecule has 0 atom stereocenters. The van der Waals surface area contributed by atoms with Gasteiger partial charge in [-0.05, 0) is 30.3 Å². The Morgan fingerprint density at radius 1 is 0.955 bits per heavy atom. The number of hydrogen-bond acceptors (Lipinski definition) is 5. The molecular weight excluding hydrogens is 278 g/mol. The van der Waals surface area contributed by atoms with Gasteiger partial charge in [0.05, 0.1) is 12.6 Å². The van der Waals surface area contributed by atoms with E-state index in [9.17, 15) is 4.79 Å². The minimum atomic E-state index is -0.102. The molecule has 5 nitrogen and oxygen atoms in total. The van der Waals surface area contributed by atoms with E-state index in [1.54, 1.807) is 49.1 Å². The van der Waals surface area contributed by atoms with Gasteiger partial charge in [0.1, 0.15) is 17.2 Å². The van der Waals surface area contributed by atoms with Crippen LogP contribution in [-0.2, 0) is 6.42 Å². The average molecular weight is 291 g/mol. The van der Waals surface area contributed by atoms with E-state index >= 15 is 0 Å². The normalized spacial score (nSPS) is 10.2. The molecule has 0 amide bonds. The van der Waals surface area contributed by atoms with Crippen LogP contribution in [0.2, 0.25) is 0 Å². The van der Waals surface area contributed by atoms with E-state index in [4.69, 9.17) is 4.74 Å². The minimum Gasteiger partial charge on any atom is -0.456 e. The Morgan fingerprint density at radius 3 is 2.68 bits per heavy atom. The molecule has 5 heteroatoms. The standard InChI is InChI=1S/C17H13N3O2/c21-17(10-13-4-1-2-8-19-13)16-11-14(6-9-20-16)22-15-5-3-7-18-12-15/h1-9,11-12H,10H2. The van der Waals surface area contributed by atoms with Crippen LogP contribution in [0.25, 0.3) is 0 Å². The van der Waals surface area contributed by atoms with Gasteiger partial charge in [-0.15, -0.1) is 0 Å². The Morgan fingerprint density at radius 2 is 1.91 bits per heavy atom. The van der Waals surface area contributed by atoms with E-state index in [2.05, 4.69) is 15.0 Å². The first-order valence-electron chi connectivity index (χ1n) is 6.78. The minimum absolute atomic E-state index is 0.102. The summed E-state index contributed by atoms with van der Waals surface area (Å²) in [6.45, 7) is 0. The lowest BCUT2D eigenvalue weighted by atomic mass is 10.1. The van der Waals surface area contributed by atoms with Gasteiger partial charge in [0, 0.05) is 30.4 Å². The third kappa shape index (κ3) is 3.52. The molecular formula is C17H13N3O2. The van der Waals surface area contributed by atoms with Crippen LogP contribution in [0.5, 0.6) is 11.5 Å². The summed E-state index contributed by atoms with van der Waals surface area (Å²) in [6, 6.07) is 12.4. The van der Waals surface area contributed by atoms with Crippen LogP contribution in [0.4, 0.5) is 0 Å². The van der Waals surface area contributed by atoms with Crippen molar-refractivity contribution in [3.8, 4) is 11.5 Å². The fourth-order valence-corrected chi connectivity index (χ4v) is 1.93. The van der Waals surface area contributed by atoms with Crippen molar-refractivity contribution in [2.75, 3.05) is 0 Å². The first-order valence-corrected chi connectivity index (χ1v) is 6.78. The van der Waals surface area contributed by atoms with Crippen molar-refractivity contribution in [1.29, 1.82) is 0 Å². The maximum Gasteiger partial charge on any atom is 0.187 e. The molecule has 3 aromatic heterocycles. The van der Waals surface area contributed by atoms with Gasteiger partial charge in [0.15, 0.2) is 5.78 Å². The highest BCUT2D eigenvalue weighted by Gasteiger charge is 2.10. The topological polar surface area (TPSA) is 65.0 Å². The summed E-state index contributed by atoms with van der Waals surface area (Å²) in [5.74, 6) is 1.06. The second kappa shape index (κ2) is 6.58. The Hall–Kier alpha value is -3.08. The number of nitrogens with zero attached hydrogens (tertiary/aromatic N) is 3. The molecule has 0 aliphatic rings. The molecule has 0 saturated carbocycles. The van der Waals surface area contributed by atoms with Crippen LogP contribution in [-0.4, -0.2) is 20.7 Å². The summed E-state index contributed by atoms with van der Waals surface area (Å²) in [5.41, 5.74) is 1.07. The fraction of sp³-hybridized carbons (Fsp3) is 0.0588. The maximum absolute atomic E-state index is 12.2. The number of carbonyl (C=O) groups is 1. The fourth-order valence-electron chi connectivity index (χ4n) is 1.93. The summed E-state index contributed by atoms with van der Waals surface area (Å²) in [7, 11) is 0. The third-order valence-electron chi connectivity index (χ3n) is 2.96. The molecule has 0 saturated heterocycles. The van der Waals surface area contributed by atoms with Crippen molar-refractivity contribution in [3.63, 3.8) is 0 Å². The monoisotopic (exact) mass is 291 g/mol. The number of pyridine rings is 3. The summed E-state index contributed by atoms with van der Waals surface area (Å²) >= 11 is 0. The highest BCUT2D eigenvalue weighted by atomic mass is 16.5. The van der Waals surface area contributed by atoms with Crippen molar-refractivity contribution in [2.45, 2.75) is 6.42 Å². The molecule has 0 N–H and O–H groups in total. The van der Waals surface area contributed by atoms with Gasteiger partial charge >= 0.3 is 0 Å². The zero-order valence-corrected chi connectivity index (χ0v) is 11.7. The molecule has 0 unspecified atom stereocenters. The number of ketones is 1. The molecule has 0 aromatic carbocycles. The smallest absolute Gasteiger partial charge is 0.187 e. The van der Waals surface area contributed by atoms with E-state index in [0.717, 1.165) is 0 Å². The van der Waals surface area contributed by atoms with Crippen molar-refractivity contribution in [3.05, 3.63) is 78.6 Å². The number of carbonyl (C=O) groups excluding carboxylic acids is 1. The molecule has 108 valence electrons. The largest absolute Gasteiger partial charge is 0.456 e. The first-order chi connectivity index (χ1) is 10.8. The lowest BCUT2D eigenvalue weighted by Gasteiger charge is -2.06. The molecule has 0 bridgehead atoms. The van der Waals surface area contributed by atoms with Crippen molar-refractivity contribution in [2.24, 2.45) is 0 Å². The van der Waals surface area contributed by atoms with Gasteiger partial charge in [-0.2, -0.15) is 0 Å². The SMILES string of the molecule is O=C(Cc1ccccn1)c1cc(Oc2cccnc2)ccn1. The van der Waals surface area contributed by atoms with Crippen molar-refractivity contribution >= 4 is 5.78 Å². The highest BCUT2D eigenvalue weighted by molar-refractivity contribution is 5.95. The van der Waals surface area contributed by atoms with E-state index in [-0.39, 0.29) is 12.2 Å². The van der Waals surface area contributed by atoms with Crippen LogP contribution >= 0.6 is 0 Å². The summed E-state index contributed by atoms with van der Waals surface area (Å²) < 4.78 is 5.65. The van der Waals surface area contributed by atoms with Gasteiger partial charge in [-0.25, -0.2) is 0 Å². The molecule has 3 rings (SSSR count). The molecule has 0 radical (unpaired) electrons. The number of ether oxygens (including phenoxy) is 1. The van der Waals surface area contributed by atoms with Crippen LogP contribution in [0.1, 0.15) is 16.2 Å². The molecule has 0 fully saturated rings. The lowest BCUT2D eigenvalue weighted by Crippen LogP contribution is -2.07. The second-order valence-corrected chi connectivity index (χ2v) is 4.59. The Kier molecular flexibility index (Phi) is 4.15. The number of aromatic nitrogens is 3. The second-order valence-electron chi connectivity index (χ2n) is 4.59. The number of hydrogen-bond donors (Lipinski definition) is 0. The van der Waals surface area contributed by atoms with Gasteiger partial charge in [0.25, 0.3) is 0 Å². The lowest BCUT2D eigenvalue weighted by molar-refractivity contribution is 0.0987.